The van der Waals surface area contributed by atoms with Crippen LogP contribution in [0, 0.1) is 40.5 Å². The van der Waals surface area contributed by atoms with Crippen LogP contribution in [0.1, 0.15) is 22.3 Å². The zero-order valence-corrected chi connectivity index (χ0v) is 26.7. The van der Waals surface area contributed by atoms with Gasteiger partial charge in [-0.05, 0) is 70.8 Å². The fourth-order valence-electron chi connectivity index (χ4n) is 5.81. The Morgan fingerprint density at radius 1 is 0.440 bits per heavy atom. The van der Waals surface area contributed by atoms with Crippen molar-refractivity contribution in [3.8, 4) is 0 Å². The van der Waals surface area contributed by atoms with Gasteiger partial charge in [0.15, 0.2) is 0 Å². The van der Waals surface area contributed by atoms with E-state index >= 15 is 4.57 Å². The molecule has 0 aliphatic rings. The highest BCUT2D eigenvalue weighted by molar-refractivity contribution is 7.71. The van der Waals surface area contributed by atoms with Crippen molar-refractivity contribution in [2.24, 2.45) is 0 Å². The molecular weight excluding hydrogens is 671 g/mol. The Labute approximate surface area is 283 Å². The number of non-ortho nitro benzene ring substituents is 4. The summed E-state index contributed by atoms with van der Waals surface area (Å²) in [5, 5.41) is 71.1. The first-order chi connectivity index (χ1) is 23.7. The molecule has 5 rings (SSSR count). The quantitative estimate of drug-likeness (QED) is 0.0801. The molecule has 0 radical (unpaired) electrons. The van der Waals surface area contributed by atoms with Gasteiger partial charge < -0.3 is 14.8 Å². The van der Waals surface area contributed by atoms with Crippen molar-refractivity contribution in [3.05, 3.63) is 190 Å². The monoisotopic (exact) mass is 698 g/mol. The maximum Gasteiger partial charge on any atom is 0.269 e. The van der Waals surface area contributed by atoms with E-state index in [0.717, 1.165) is 48.5 Å². The molecule has 0 heterocycles. The van der Waals surface area contributed by atoms with Crippen LogP contribution in [0.5, 0.6) is 0 Å². The molecule has 16 heteroatoms. The highest BCUT2D eigenvalue weighted by Crippen LogP contribution is 2.56. The Morgan fingerprint density at radius 3 is 0.900 bits per heavy atom. The van der Waals surface area contributed by atoms with E-state index in [1.165, 1.54) is 60.7 Å². The van der Waals surface area contributed by atoms with Crippen LogP contribution in [-0.2, 0) is 15.8 Å². The van der Waals surface area contributed by atoms with Crippen LogP contribution in [0.15, 0.2) is 127 Å². The number of hydrogen-bond donors (Lipinski definition) is 2. The van der Waals surface area contributed by atoms with Crippen molar-refractivity contribution in [3.63, 3.8) is 0 Å². The summed E-state index contributed by atoms with van der Waals surface area (Å²) in [5.74, 6) is 0. The van der Waals surface area contributed by atoms with E-state index in [-0.39, 0.29) is 50.3 Å². The summed E-state index contributed by atoms with van der Waals surface area (Å²) < 4.78 is 15.7. The summed E-state index contributed by atoms with van der Waals surface area (Å²) in [7, 11) is -4.14. The Balaban J connectivity index is 1.73. The van der Waals surface area contributed by atoms with Gasteiger partial charge in [-0.15, -0.1) is 0 Å². The number of nitro benzene ring substituents is 4. The largest absolute Gasteiger partial charge is 0.380 e. The lowest BCUT2D eigenvalue weighted by Crippen LogP contribution is -2.39. The molecule has 15 nitrogen and oxygen atoms in total. The van der Waals surface area contributed by atoms with Gasteiger partial charge in [0.2, 0.25) is 0 Å². The van der Waals surface area contributed by atoms with Crippen molar-refractivity contribution in [1.82, 2.24) is 0 Å². The molecule has 0 unspecified atom stereocenters. The van der Waals surface area contributed by atoms with Gasteiger partial charge >= 0.3 is 0 Å². The minimum Gasteiger partial charge on any atom is -0.380 e. The highest BCUT2D eigenvalue weighted by Gasteiger charge is 2.47. The minimum atomic E-state index is -4.14. The fraction of sp³-hybridized carbons (Fsp3) is 0.118. The first-order valence-electron chi connectivity index (χ1n) is 14.7. The van der Waals surface area contributed by atoms with Gasteiger partial charge in [0.25, 0.3) is 22.7 Å². The first kappa shape index (κ1) is 35.2. The average Bonchev–Trinajstić information content (AvgIpc) is 3.12. The molecule has 0 saturated heterocycles. The molecule has 0 amide bonds. The molecule has 0 aliphatic carbocycles. The van der Waals surface area contributed by atoms with E-state index in [2.05, 4.69) is 0 Å². The number of aliphatic hydroxyl groups is 2. The summed E-state index contributed by atoms with van der Waals surface area (Å²) in [6.45, 7) is 0. The van der Waals surface area contributed by atoms with Crippen LogP contribution < -0.4 is 5.30 Å². The fourth-order valence-corrected chi connectivity index (χ4v) is 9.21. The molecular formula is C34H27N4O11P. The number of benzene rings is 5. The van der Waals surface area contributed by atoms with E-state index in [0.29, 0.717) is 0 Å². The Bertz CT molecular complexity index is 1860. The van der Waals surface area contributed by atoms with Gasteiger partial charge in [-0.25, -0.2) is 0 Å². The molecule has 0 bridgehead atoms. The maximum atomic E-state index is 15.7. The third-order valence-electron chi connectivity index (χ3n) is 8.42. The third kappa shape index (κ3) is 7.00. The van der Waals surface area contributed by atoms with Crippen LogP contribution in [0.4, 0.5) is 22.7 Å². The first-order valence-corrected chi connectivity index (χ1v) is 16.8. The van der Waals surface area contributed by atoms with Crippen LogP contribution >= 0.6 is 7.14 Å². The van der Waals surface area contributed by atoms with Crippen LogP contribution in [0.3, 0.4) is 0 Å². The van der Waals surface area contributed by atoms with E-state index in [1.807, 2.05) is 0 Å². The van der Waals surface area contributed by atoms with Crippen molar-refractivity contribution < 1.29 is 34.5 Å². The topological polar surface area (TPSA) is 230 Å². The molecule has 5 aromatic rings. The van der Waals surface area contributed by atoms with Gasteiger partial charge in [-0.1, -0.05) is 30.3 Å². The summed E-state index contributed by atoms with van der Waals surface area (Å²) in [5.41, 5.74) is -5.39. The Kier molecular flexibility index (Phi) is 9.68. The lowest BCUT2D eigenvalue weighted by atomic mass is 9.87. The number of rotatable bonds is 13. The normalized spacial score (nSPS) is 11.9. The second-order valence-electron chi connectivity index (χ2n) is 11.5. The zero-order valence-electron chi connectivity index (χ0n) is 25.8. The van der Waals surface area contributed by atoms with E-state index in [9.17, 15) is 50.7 Å². The molecule has 50 heavy (non-hydrogen) atoms. The summed E-state index contributed by atoms with van der Waals surface area (Å²) >= 11 is 0. The van der Waals surface area contributed by atoms with E-state index in [1.54, 1.807) is 18.2 Å². The third-order valence-corrected chi connectivity index (χ3v) is 11.6. The van der Waals surface area contributed by atoms with Crippen LogP contribution in [-0.4, -0.2) is 42.2 Å². The van der Waals surface area contributed by atoms with Gasteiger partial charge in [0, 0.05) is 66.2 Å². The smallest absolute Gasteiger partial charge is 0.269 e. The summed E-state index contributed by atoms with van der Waals surface area (Å²) in [4.78, 5) is 43.1. The number of nitrogens with zero attached hydrogens (tertiary/aromatic N) is 4. The molecule has 254 valence electrons. The van der Waals surface area contributed by atoms with E-state index < -0.39 is 50.4 Å². The summed E-state index contributed by atoms with van der Waals surface area (Å²) in [6, 6.07) is 27.2. The van der Waals surface area contributed by atoms with Crippen LogP contribution in [0.25, 0.3) is 0 Å². The van der Waals surface area contributed by atoms with Crippen LogP contribution in [0.2, 0.25) is 0 Å². The van der Waals surface area contributed by atoms with Gasteiger partial charge in [-0.3, -0.25) is 40.5 Å². The molecule has 0 fully saturated rings. The van der Waals surface area contributed by atoms with Crippen molar-refractivity contribution in [2.75, 3.05) is 12.3 Å². The SMILES string of the molecule is O=[N+]([O-])c1ccc(C(O)(CP(=O)(CC(O)(c2ccc([N+](=O)[O-])cc2)c2ccc([N+](=O)[O-])cc2)c2ccccc2)c2ccc([N+](=O)[O-])cc2)cc1. The van der Waals surface area contributed by atoms with E-state index in [4.69, 9.17) is 0 Å². The molecule has 0 atom stereocenters. The highest BCUT2D eigenvalue weighted by atomic mass is 31.2. The number of nitro groups is 4. The van der Waals surface area contributed by atoms with Crippen molar-refractivity contribution in [2.45, 2.75) is 11.2 Å². The van der Waals surface area contributed by atoms with Gasteiger partial charge in [-0.2, -0.15) is 0 Å². The molecule has 5 aromatic carbocycles. The second-order valence-corrected chi connectivity index (χ2v) is 14.4. The molecule has 0 saturated carbocycles. The van der Waals surface area contributed by atoms with Gasteiger partial charge in [0.05, 0.1) is 19.7 Å². The molecule has 0 spiro atoms. The molecule has 0 aliphatic heterocycles. The summed E-state index contributed by atoms with van der Waals surface area (Å²) in [6.07, 6.45) is -1.27. The predicted octanol–water partition coefficient (Wildman–Crippen LogP) is 6.18. The minimum absolute atomic E-state index is 0.0577. The standard InChI is InChI=1S/C34H27N4O11P/c39-33(24-6-14-28(15-7-24)35(41)42,25-8-16-29(17-9-25)36(43)44)22-50(49,32-4-2-1-3-5-32)23-34(40,26-10-18-30(19-11-26)37(45)46)27-12-20-31(21-13-27)38(47)48/h1-21,39-40H,22-23H2. The predicted molar refractivity (Wildman–Crippen MR) is 182 cm³/mol. The lowest BCUT2D eigenvalue weighted by Gasteiger charge is -2.38. The average molecular weight is 699 g/mol. The van der Waals surface area contributed by atoms with Crippen molar-refractivity contribution >= 4 is 35.2 Å². The number of hydrogen-bond acceptors (Lipinski definition) is 11. The van der Waals surface area contributed by atoms with Crippen molar-refractivity contribution in [1.29, 1.82) is 0 Å². The Hall–Kier alpha value is -6.15. The molecule has 2 N–H and O–H groups in total. The Morgan fingerprint density at radius 2 is 0.680 bits per heavy atom. The lowest BCUT2D eigenvalue weighted by molar-refractivity contribution is -0.385. The molecule has 0 aromatic heterocycles. The second kappa shape index (κ2) is 13.8. The zero-order chi connectivity index (χ0) is 36.3. The van der Waals surface area contributed by atoms with Gasteiger partial charge in [0.1, 0.15) is 18.3 Å². The maximum absolute atomic E-state index is 15.7.